The van der Waals surface area contributed by atoms with E-state index in [4.69, 9.17) is 4.74 Å². The number of hydrogen-bond acceptors (Lipinski definition) is 6. The highest BCUT2D eigenvalue weighted by atomic mass is 32.1. The molecule has 30 heavy (non-hydrogen) atoms. The zero-order valence-corrected chi connectivity index (χ0v) is 18.4. The van der Waals surface area contributed by atoms with E-state index in [1.54, 1.807) is 32.1 Å². The minimum atomic E-state index is -0.456. The van der Waals surface area contributed by atoms with Gasteiger partial charge in [0.15, 0.2) is 5.78 Å². The maximum absolute atomic E-state index is 13.2. The molecule has 0 aliphatic heterocycles. The first kappa shape index (κ1) is 20.5. The summed E-state index contributed by atoms with van der Waals surface area (Å²) in [6, 6.07) is 0. The number of thiophene rings is 1. The van der Waals surface area contributed by atoms with Gasteiger partial charge < -0.3 is 9.72 Å². The molecule has 4 rings (SSSR count). The molecule has 3 aromatic heterocycles. The smallest absolute Gasteiger partial charge is 0.340 e. The maximum atomic E-state index is 13.2. The van der Waals surface area contributed by atoms with E-state index < -0.39 is 5.97 Å². The van der Waals surface area contributed by atoms with Crippen LogP contribution in [0.1, 0.15) is 62.8 Å². The van der Waals surface area contributed by atoms with E-state index in [2.05, 4.69) is 16.9 Å². The predicted molar refractivity (Wildman–Crippen MR) is 116 cm³/mol. The third-order valence-corrected chi connectivity index (χ3v) is 6.95. The number of carbonyl (C=O) groups excluding carboxylic acids is 2. The Morgan fingerprint density at radius 2 is 2.13 bits per heavy atom. The molecule has 0 aromatic carbocycles. The van der Waals surface area contributed by atoms with Gasteiger partial charge in [0.05, 0.1) is 36.1 Å². The van der Waals surface area contributed by atoms with Gasteiger partial charge in [0.2, 0.25) is 0 Å². The fraction of sp³-hybridized carbons (Fsp3) is 0.455. The van der Waals surface area contributed by atoms with Gasteiger partial charge in [-0.1, -0.05) is 6.92 Å². The topological polar surface area (TPSA) is 94.1 Å². The summed E-state index contributed by atoms with van der Waals surface area (Å²) in [6.45, 7) is 7.53. The van der Waals surface area contributed by atoms with Crippen LogP contribution >= 0.6 is 11.3 Å². The molecule has 3 aromatic rings. The summed E-state index contributed by atoms with van der Waals surface area (Å²) < 4.78 is 6.46. The van der Waals surface area contributed by atoms with E-state index in [1.807, 2.05) is 0 Å². The number of ether oxygens (including phenoxy) is 1. The molecule has 1 unspecified atom stereocenters. The lowest BCUT2D eigenvalue weighted by Crippen LogP contribution is -2.25. The number of Topliss-reactive ketones (excluding diaryl/α,β-unsaturated/α-hetero) is 1. The molecule has 8 heteroatoms. The minimum absolute atomic E-state index is 0.133. The Morgan fingerprint density at radius 1 is 1.37 bits per heavy atom. The third kappa shape index (κ3) is 3.39. The number of aromatic nitrogens is 3. The number of carbonyl (C=O) groups is 2. The van der Waals surface area contributed by atoms with E-state index in [-0.39, 0.29) is 24.5 Å². The Balaban J connectivity index is 1.68. The summed E-state index contributed by atoms with van der Waals surface area (Å²) in [5, 5.41) is 0.656. The second-order valence-electron chi connectivity index (χ2n) is 7.98. The van der Waals surface area contributed by atoms with Crippen molar-refractivity contribution in [2.24, 2.45) is 5.92 Å². The average Bonchev–Trinajstić information content (AvgIpc) is 3.20. The lowest BCUT2D eigenvalue weighted by molar-refractivity contribution is 0.0525. The number of aromatic amines is 1. The van der Waals surface area contributed by atoms with Crippen LogP contribution in [0.4, 0.5) is 0 Å². The predicted octanol–water partition coefficient (Wildman–Crippen LogP) is 3.59. The van der Waals surface area contributed by atoms with Crippen molar-refractivity contribution in [1.82, 2.24) is 14.5 Å². The maximum Gasteiger partial charge on any atom is 0.340 e. The normalized spacial score (nSPS) is 15.9. The second-order valence-corrected chi connectivity index (χ2v) is 9.06. The standard InChI is InChI=1S/C22H25N3O4S/c1-5-29-22(28)17-12(3)19(24-13(17)4)15(26)9-25-10-23-20-18(21(25)27)14-7-6-11(2)8-16(14)30-20/h10-11,24H,5-9H2,1-4H3. The largest absolute Gasteiger partial charge is 0.462 e. The van der Waals surface area contributed by atoms with Crippen LogP contribution in [0.2, 0.25) is 0 Å². The first-order valence-corrected chi connectivity index (χ1v) is 11.0. The number of ketones is 1. The van der Waals surface area contributed by atoms with Crippen molar-refractivity contribution in [3.63, 3.8) is 0 Å². The number of nitrogens with zero attached hydrogens (tertiary/aromatic N) is 2. The van der Waals surface area contributed by atoms with Crippen LogP contribution in [-0.4, -0.2) is 32.9 Å². The lowest BCUT2D eigenvalue weighted by Gasteiger charge is -2.17. The molecule has 0 saturated heterocycles. The second kappa shape index (κ2) is 7.83. The molecule has 0 saturated carbocycles. The number of aryl methyl sites for hydroxylation is 2. The van der Waals surface area contributed by atoms with Crippen molar-refractivity contribution in [3.8, 4) is 0 Å². The van der Waals surface area contributed by atoms with Crippen LogP contribution in [0.5, 0.6) is 0 Å². The van der Waals surface area contributed by atoms with Crippen LogP contribution in [0.3, 0.4) is 0 Å². The molecule has 0 radical (unpaired) electrons. The average molecular weight is 428 g/mol. The molecule has 7 nitrogen and oxygen atoms in total. The number of rotatable bonds is 5. The molecular formula is C22H25N3O4S. The molecule has 158 valence electrons. The Bertz CT molecular complexity index is 1220. The fourth-order valence-electron chi connectivity index (χ4n) is 4.25. The van der Waals surface area contributed by atoms with Gasteiger partial charge in [-0.25, -0.2) is 9.78 Å². The Morgan fingerprint density at radius 3 is 2.87 bits per heavy atom. The fourth-order valence-corrected chi connectivity index (χ4v) is 5.59. The minimum Gasteiger partial charge on any atom is -0.462 e. The molecule has 0 spiro atoms. The molecule has 0 amide bonds. The molecule has 1 atom stereocenters. The van der Waals surface area contributed by atoms with Crippen LogP contribution in [-0.2, 0) is 24.1 Å². The molecule has 3 heterocycles. The molecule has 1 N–H and O–H groups in total. The Kier molecular flexibility index (Phi) is 5.36. The van der Waals surface area contributed by atoms with Crippen LogP contribution in [0.15, 0.2) is 11.1 Å². The highest BCUT2D eigenvalue weighted by Crippen LogP contribution is 2.35. The first-order chi connectivity index (χ1) is 14.3. The van der Waals surface area contributed by atoms with Gasteiger partial charge in [-0.05, 0) is 57.1 Å². The molecule has 1 aliphatic carbocycles. The first-order valence-electron chi connectivity index (χ1n) is 10.2. The molecule has 1 aliphatic rings. The lowest BCUT2D eigenvalue weighted by atomic mass is 9.89. The third-order valence-electron chi connectivity index (χ3n) is 5.79. The van der Waals surface area contributed by atoms with Gasteiger partial charge in [-0.15, -0.1) is 11.3 Å². The zero-order chi connectivity index (χ0) is 21.6. The molecule has 0 bridgehead atoms. The number of hydrogen-bond donors (Lipinski definition) is 1. The monoisotopic (exact) mass is 427 g/mol. The van der Waals surface area contributed by atoms with Crippen molar-refractivity contribution in [3.05, 3.63) is 49.6 Å². The van der Waals surface area contributed by atoms with Crippen molar-refractivity contribution in [2.45, 2.75) is 53.5 Å². The van der Waals surface area contributed by atoms with Gasteiger partial charge in [0.25, 0.3) is 5.56 Å². The summed E-state index contributed by atoms with van der Waals surface area (Å²) in [7, 11) is 0. The summed E-state index contributed by atoms with van der Waals surface area (Å²) >= 11 is 1.59. The van der Waals surface area contributed by atoms with E-state index in [9.17, 15) is 14.4 Å². The number of fused-ring (bicyclic) bond motifs is 3. The van der Waals surface area contributed by atoms with Crippen molar-refractivity contribution >= 4 is 33.3 Å². The van der Waals surface area contributed by atoms with Crippen molar-refractivity contribution in [1.29, 1.82) is 0 Å². The number of H-pyrrole nitrogens is 1. The summed E-state index contributed by atoms with van der Waals surface area (Å²) in [6.07, 6.45) is 4.37. The molecular weight excluding hydrogens is 402 g/mol. The quantitative estimate of drug-likeness (QED) is 0.496. The Hall–Kier alpha value is -2.74. The SMILES string of the molecule is CCOC(=O)c1c(C)[nH]c(C(=O)Cn2cnc3sc4c(c3c2=O)CCC(C)C4)c1C. The summed E-state index contributed by atoms with van der Waals surface area (Å²) in [5.74, 6) is -0.114. The Labute approximate surface area is 178 Å². The van der Waals surface area contributed by atoms with Crippen LogP contribution < -0.4 is 5.56 Å². The van der Waals surface area contributed by atoms with E-state index >= 15 is 0 Å². The summed E-state index contributed by atoms with van der Waals surface area (Å²) in [5.41, 5.74) is 2.75. The van der Waals surface area contributed by atoms with Gasteiger partial charge in [0.1, 0.15) is 4.83 Å². The van der Waals surface area contributed by atoms with Gasteiger partial charge in [-0.3, -0.25) is 14.2 Å². The van der Waals surface area contributed by atoms with Crippen LogP contribution in [0, 0.1) is 19.8 Å². The molecule has 0 fully saturated rings. The van der Waals surface area contributed by atoms with Gasteiger partial charge >= 0.3 is 5.97 Å². The van der Waals surface area contributed by atoms with Crippen molar-refractivity contribution in [2.75, 3.05) is 6.61 Å². The highest BCUT2D eigenvalue weighted by Gasteiger charge is 2.25. The number of esters is 1. The summed E-state index contributed by atoms with van der Waals surface area (Å²) in [4.78, 5) is 47.8. The van der Waals surface area contributed by atoms with E-state index in [0.717, 1.165) is 29.7 Å². The van der Waals surface area contributed by atoms with E-state index in [0.29, 0.717) is 33.8 Å². The van der Waals surface area contributed by atoms with Crippen LogP contribution in [0.25, 0.3) is 10.2 Å². The van der Waals surface area contributed by atoms with Crippen molar-refractivity contribution < 1.29 is 14.3 Å². The number of nitrogens with one attached hydrogen (secondary N) is 1. The highest BCUT2D eigenvalue weighted by molar-refractivity contribution is 7.18. The van der Waals surface area contributed by atoms with Gasteiger partial charge in [0, 0.05) is 10.6 Å². The zero-order valence-electron chi connectivity index (χ0n) is 17.6. The van der Waals surface area contributed by atoms with E-state index in [1.165, 1.54) is 15.8 Å². The van der Waals surface area contributed by atoms with Gasteiger partial charge in [-0.2, -0.15) is 0 Å².